The van der Waals surface area contributed by atoms with Crippen LogP contribution in [0.15, 0.2) is 70.3 Å². The summed E-state index contributed by atoms with van der Waals surface area (Å²) < 4.78 is 8.51. The molecule has 0 aliphatic heterocycles. The summed E-state index contributed by atoms with van der Waals surface area (Å²) in [6.45, 7) is 2.72. The Hall–Kier alpha value is -3.12. The van der Waals surface area contributed by atoms with Crippen LogP contribution in [-0.4, -0.2) is 29.8 Å². The van der Waals surface area contributed by atoms with Crippen LogP contribution in [0.25, 0.3) is 0 Å². The third kappa shape index (κ3) is 4.89. The van der Waals surface area contributed by atoms with E-state index >= 15 is 0 Å². The molecule has 0 spiro atoms. The molecule has 1 heterocycles. The van der Waals surface area contributed by atoms with E-state index in [4.69, 9.17) is 4.74 Å². The summed E-state index contributed by atoms with van der Waals surface area (Å²) in [7, 11) is 3.68. The molecule has 0 saturated heterocycles. The summed E-state index contributed by atoms with van der Waals surface area (Å²) in [5.41, 5.74) is 2.68. The highest BCUT2D eigenvalue weighted by Crippen LogP contribution is 2.16. The first kappa shape index (κ1) is 21.6. The number of anilines is 1. The SMILES string of the molecule is CCOCn1c(CCc2ccccc2)c(N(C)C)c(=O)n(Cc2ccccc2)c1=O. The van der Waals surface area contributed by atoms with Crippen molar-refractivity contribution in [2.45, 2.75) is 33.0 Å². The Morgan fingerprint density at radius 2 is 1.43 bits per heavy atom. The number of aryl methyl sites for hydroxylation is 1. The molecule has 0 aliphatic rings. The van der Waals surface area contributed by atoms with Crippen molar-refractivity contribution >= 4 is 5.69 Å². The first-order chi connectivity index (χ1) is 14.5. The van der Waals surface area contributed by atoms with Crippen LogP contribution in [0.3, 0.4) is 0 Å². The smallest absolute Gasteiger partial charge is 0.333 e. The van der Waals surface area contributed by atoms with E-state index in [0.717, 1.165) is 17.5 Å². The quantitative estimate of drug-likeness (QED) is 0.547. The first-order valence-corrected chi connectivity index (χ1v) is 10.2. The molecule has 30 heavy (non-hydrogen) atoms. The lowest BCUT2D eigenvalue weighted by Gasteiger charge is -2.23. The van der Waals surface area contributed by atoms with Crippen LogP contribution in [0, 0.1) is 0 Å². The summed E-state index contributed by atoms with van der Waals surface area (Å²) in [5, 5.41) is 0. The molecule has 0 radical (unpaired) electrons. The third-order valence-corrected chi connectivity index (χ3v) is 5.06. The number of hydrogen-bond donors (Lipinski definition) is 0. The Bertz CT molecular complexity index is 1070. The van der Waals surface area contributed by atoms with Gasteiger partial charge in [-0.1, -0.05) is 60.7 Å². The second-order valence-electron chi connectivity index (χ2n) is 7.38. The highest BCUT2D eigenvalue weighted by atomic mass is 16.5. The molecule has 0 unspecified atom stereocenters. The molecule has 6 nitrogen and oxygen atoms in total. The fourth-order valence-electron chi connectivity index (χ4n) is 3.56. The predicted molar refractivity (Wildman–Crippen MR) is 120 cm³/mol. The number of rotatable bonds is 9. The fraction of sp³-hybridized carbons (Fsp3) is 0.333. The largest absolute Gasteiger partial charge is 0.372 e. The molecule has 0 saturated carbocycles. The molecule has 3 rings (SSSR count). The van der Waals surface area contributed by atoms with E-state index in [1.807, 2.05) is 69.6 Å². The number of ether oxygens (including phenoxy) is 1. The zero-order valence-corrected chi connectivity index (χ0v) is 17.9. The van der Waals surface area contributed by atoms with Crippen molar-refractivity contribution in [3.8, 4) is 0 Å². The molecule has 6 heteroatoms. The van der Waals surface area contributed by atoms with Crippen molar-refractivity contribution < 1.29 is 4.74 Å². The monoisotopic (exact) mass is 407 g/mol. The van der Waals surface area contributed by atoms with Crippen molar-refractivity contribution in [1.29, 1.82) is 0 Å². The van der Waals surface area contributed by atoms with Crippen molar-refractivity contribution in [2.24, 2.45) is 0 Å². The van der Waals surface area contributed by atoms with Gasteiger partial charge in [0, 0.05) is 20.7 Å². The zero-order chi connectivity index (χ0) is 21.5. The number of aromatic nitrogens is 2. The lowest BCUT2D eigenvalue weighted by atomic mass is 10.1. The Morgan fingerprint density at radius 3 is 2.00 bits per heavy atom. The van der Waals surface area contributed by atoms with Gasteiger partial charge in [0.25, 0.3) is 5.56 Å². The van der Waals surface area contributed by atoms with Gasteiger partial charge in [-0.25, -0.2) is 4.79 Å². The number of benzene rings is 2. The Morgan fingerprint density at radius 1 is 0.833 bits per heavy atom. The van der Waals surface area contributed by atoms with Gasteiger partial charge < -0.3 is 9.64 Å². The van der Waals surface area contributed by atoms with Crippen molar-refractivity contribution in [3.63, 3.8) is 0 Å². The average Bonchev–Trinajstić information content (AvgIpc) is 2.76. The van der Waals surface area contributed by atoms with Gasteiger partial charge >= 0.3 is 5.69 Å². The molecule has 3 aromatic rings. The topological polar surface area (TPSA) is 56.5 Å². The average molecular weight is 408 g/mol. The standard InChI is InChI=1S/C24H29N3O3/c1-4-30-18-27-21(16-15-19-11-7-5-8-12-19)22(25(2)3)23(28)26(24(27)29)17-20-13-9-6-10-14-20/h5-14H,4,15-18H2,1-3H3. The third-order valence-electron chi connectivity index (χ3n) is 5.06. The van der Waals surface area contributed by atoms with Crippen LogP contribution < -0.4 is 16.1 Å². The molecule has 2 aromatic carbocycles. The van der Waals surface area contributed by atoms with Crippen LogP contribution in [0.4, 0.5) is 5.69 Å². The molecule has 0 N–H and O–H groups in total. The van der Waals surface area contributed by atoms with Crippen LogP contribution in [0.5, 0.6) is 0 Å². The summed E-state index contributed by atoms with van der Waals surface area (Å²) in [5.74, 6) is 0. The molecule has 0 amide bonds. The van der Waals surface area contributed by atoms with E-state index < -0.39 is 0 Å². The Balaban J connectivity index is 2.11. The lowest BCUT2D eigenvalue weighted by molar-refractivity contribution is 0.0812. The van der Waals surface area contributed by atoms with Crippen molar-refractivity contribution in [1.82, 2.24) is 9.13 Å². The Kier molecular flexibility index (Phi) is 7.25. The van der Waals surface area contributed by atoms with Crippen LogP contribution in [-0.2, 0) is 30.9 Å². The predicted octanol–water partition coefficient (Wildman–Crippen LogP) is 2.90. The molecule has 0 aliphatic carbocycles. The van der Waals surface area contributed by atoms with Crippen molar-refractivity contribution in [2.75, 3.05) is 25.6 Å². The maximum absolute atomic E-state index is 13.4. The molecular formula is C24H29N3O3. The van der Waals surface area contributed by atoms with E-state index in [-0.39, 0.29) is 24.5 Å². The number of nitrogens with zero attached hydrogens (tertiary/aromatic N) is 3. The fourth-order valence-corrected chi connectivity index (χ4v) is 3.56. The van der Waals surface area contributed by atoms with Gasteiger partial charge in [0.1, 0.15) is 12.4 Å². The second kappa shape index (κ2) is 10.1. The Labute approximate surface area is 177 Å². The van der Waals surface area contributed by atoms with E-state index in [0.29, 0.717) is 24.4 Å². The lowest BCUT2D eigenvalue weighted by Crippen LogP contribution is -2.44. The van der Waals surface area contributed by atoms with E-state index in [1.165, 1.54) is 4.57 Å². The maximum atomic E-state index is 13.4. The van der Waals surface area contributed by atoms with Gasteiger partial charge in [-0.05, 0) is 30.9 Å². The summed E-state index contributed by atoms with van der Waals surface area (Å²) in [4.78, 5) is 28.5. The van der Waals surface area contributed by atoms with Crippen molar-refractivity contribution in [3.05, 3.63) is 98.3 Å². The maximum Gasteiger partial charge on any atom is 0.333 e. The van der Waals surface area contributed by atoms with E-state index in [9.17, 15) is 9.59 Å². The molecular weight excluding hydrogens is 378 g/mol. The second-order valence-corrected chi connectivity index (χ2v) is 7.38. The van der Waals surface area contributed by atoms with Crippen LogP contribution in [0.2, 0.25) is 0 Å². The van der Waals surface area contributed by atoms with Gasteiger partial charge in [-0.3, -0.25) is 13.9 Å². The van der Waals surface area contributed by atoms with Gasteiger partial charge in [-0.2, -0.15) is 0 Å². The molecule has 0 fully saturated rings. The van der Waals surface area contributed by atoms with E-state index in [2.05, 4.69) is 12.1 Å². The molecule has 0 atom stereocenters. The first-order valence-electron chi connectivity index (χ1n) is 10.2. The molecule has 158 valence electrons. The van der Waals surface area contributed by atoms with Gasteiger partial charge in [-0.15, -0.1) is 0 Å². The van der Waals surface area contributed by atoms with Crippen LogP contribution in [0.1, 0.15) is 23.7 Å². The minimum atomic E-state index is -0.342. The van der Waals surface area contributed by atoms with E-state index in [1.54, 1.807) is 9.47 Å². The summed E-state index contributed by atoms with van der Waals surface area (Å²) in [6.07, 6.45) is 1.30. The highest BCUT2D eigenvalue weighted by Gasteiger charge is 2.20. The normalized spacial score (nSPS) is 10.9. The number of hydrogen-bond acceptors (Lipinski definition) is 4. The zero-order valence-electron chi connectivity index (χ0n) is 17.9. The minimum Gasteiger partial charge on any atom is -0.372 e. The summed E-state index contributed by atoms with van der Waals surface area (Å²) in [6, 6.07) is 19.6. The van der Waals surface area contributed by atoms with Gasteiger partial charge in [0.2, 0.25) is 0 Å². The van der Waals surface area contributed by atoms with Gasteiger partial charge in [0.15, 0.2) is 0 Å². The molecule has 0 bridgehead atoms. The highest BCUT2D eigenvalue weighted by molar-refractivity contribution is 5.48. The summed E-state index contributed by atoms with van der Waals surface area (Å²) >= 11 is 0. The minimum absolute atomic E-state index is 0.120. The van der Waals surface area contributed by atoms with Crippen LogP contribution >= 0.6 is 0 Å². The molecule has 1 aromatic heterocycles. The van der Waals surface area contributed by atoms with Gasteiger partial charge in [0.05, 0.1) is 12.2 Å².